The molecule has 1 atom stereocenters. The van der Waals surface area contributed by atoms with Gasteiger partial charge in [-0.15, -0.1) is 0 Å². The van der Waals surface area contributed by atoms with Crippen LogP contribution in [0.1, 0.15) is 26.2 Å². The lowest BCUT2D eigenvalue weighted by atomic mass is 10.0. The molecule has 84 valence electrons. The predicted octanol–water partition coefficient (Wildman–Crippen LogP) is 1.02. The third-order valence-electron chi connectivity index (χ3n) is 2.44. The van der Waals surface area contributed by atoms with Crippen molar-refractivity contribution >= 4 is 11.9 Å². The van der Waals surface area contributed by atoms with Crippen LogP contribution >= 0.6 is 0 Å². The first kappa shape index (κ1) is 11.8. The van der Waals surface area contributed by atoms with E-state index in [1.54, 1.807) is 6.92 Å². The average molecular weight is 211 g/mol. The molecule has 0 aromatic heterocycles. The van der Waals surface area contributed by atoms with Crippen LogP contribution in [0.25, 0.3) is 0 Å². The summed E-state index contributed by atoms with van der Waals surface area (Å²) in [6.45, 7) is 6.25. The zero-order valence-electron chi connectivity index (χ0n) is 9.04. The lowest BCUT2D eigenvalue weighted by molar-refractivity contribution is -0.139. The standard InChI is InChI=1S/C11H17NO3/c1-8(2)11(14)15-7-3-4-9-5-6-12-10(9)13/h9H,1,3-7H2,2H3,(H,12,13). The Balaban J connectivity index is 2.09. The van der Waals surface area contributed by atoms with Gasteiger partial charge >= 0.3 is 5.97 Å². The molecule has 0 aromatic carbocycles. The van der Waals surface area contributed by atoms with Crippen molar-refractivity contribution in [3.63, 3.8) is 0 Å². The molecule has 1 aliphatic heterocycles. The second-order valence-corrected chi connectivity index (χ2v) is 3.84. The van der Waals surface area contributed by atoms with Gasteiger partial charge in [0.1, 0.15) is 0 Å². The van der Waals surface area contributed by atoms with Gasteiger partial charge in [0.15, 0.2) is 0 Å². The Morgan fingerprint density at radius 1 is 1.67 bits per heavy atom. The zero-order valence-corrected chi connectivity index (χ0v) is 9.04. The van der Waals surface area contributed by atoms with Crippen LogP contribution in [0, 0.1) is 5.92 Å². The van der Waals surface area contributed by atoms with Gasteiger partial charge in [-0.2, -0.15) is 0 Å². The van der Waals surface area contributed by atoms with Crippen LogP contribution in [-0.2, 0) is 14.3 Å². The summed E-state index contributed by atoms with van der Waals surface area (Å²) >= 11 is 0. The molecule has 1 aliphatic rings. The normalized spacial score (nSPS) is 19.8. The molecule has 0 saturated carbocycles. The highest BCUT2D eigenvalue weighted by atomic mass is 16.5. The minimum Gasteiger partial charge on any atom is -0.462 e. The molecule has 1 unspecified atom stereocenters. The largest absolute Gasteiger partial charge is 0.462 e. The monoisotopic (exact) mass is 211 g/mol. The minimum atomic E-state index is -0.356. The van der Waals surface area contributed by atoms with E-state index in [9.17, 15) is 9.59 Å². The van der Waals surface area contributed by atoms with Crippen LogP contribution in [0.5, 0.6) is 0 Å². The molecule has 0 spiro atoms. The number of esters is 1. The Bertz CT molecular complexity index is 273. The molecule has 1 fully saturated rings. The van der Waals surface area contributed by atoms with Gasteiger partial charge < -0.3 is 10.1 Å². The molecule has 0 bridgehead atoms. The van der Waals surface area contributed by atoms with E-state index in [1.807, 2.05) is 0 Å². The van der Waals surface area contributed by atoms with Gasteiger partial charge in [-0.1, -0.05) is 6.58 Å². The minimum absolute atomic E-state index is 0.105. The number of amides is 1. The van der Waals surface area contributed by atoms with Crippen LogP contribution < -0.4 is 5.32 Å². The number of carbonyl (C=O) groups is 2. The Labute approximate surface area is 89.7 Å². The summed E-state index contributed by atoms with van der Waals surface area (Å²) in [6.07, 6.45) is 2.42. The van der Waals surface area contributed by atoms with E-state index in [1.165, 1.54) is 0 Å². The Hall–Kier alpha value is -1.32. The quantitative estimate of drug-likeness (QED) is 0.419. The molecule has 1 heterocycles. The first-order chi connectivity index (χ1) is 7.11. The van der Waals surface area contributed by atoms with Crippen molar-refractivity contribution in [1.82, 2.24) is 5.32 Å². The van der Waals surface area contributed by atoms with Crippen LogP contribution in [0.15, 0.2) is 12.2 Å². The second-order valence-electron chi connectivity index (χ2n) is 3.84. The van der Waals surface area contributed by atoms with Crippen molar-refractivity contribution in [3.05, 3.63) is 12.2 Å². The van der Waals surface area contributed by atoms with Crippen molar-refractivity contribution in [2.75, 3.05) is 13.2 Å². The molecule has 15 heavy (non-hydrogen) atoms. The summed E-state index contributed by atoms with van der Waals surface area (Å²) in [5.41, 5.74) is 0.411. The Kier molecular flexibility index (Phi) is 4.34. The molecule has 0 aliphatic carbocycles. The summed E-state index contributed by atoms with van der Waals surface area (Å²) in [6, 6.07) is 0. The number of hydrogen-bond acceptors (Lipinski definition) is 3. The summed E-state index contributed by atoms with van der Waals surface area (Å²) in [7, 11) is 0. The fraction of sp³-hybridized carbons (Fsp3) is 0.636. The molecule has 1 rings (SSSR count). The van der Waals surface area contributed by atoms with E-state index < -0.39 is 0 Å². The van der Waals surface area contributed by atoms with Gasteiger partial charge in [-0.25, -0.2) is 4.79 Å². The molecule has 1 amide bonds. The predicted molar refractivity (Wildman–Crippen MR) is 56.1 cm³/mol. The summed E-state index contributed by atoms with van der Waals surface area (Å²) in [5, 5.41) is 2.78. The van der Waals surface area contributed by atoms with Gasteiger partial charge in [-0.05, 0) is 26.2 Å². The highest BCUT2D eigenvalue weighted by molar-refractivity contribution is 5.86. The lowest BCUT2D eigenvalue weighted by Crippen LogP contribution is -2.19. The van der Waals surface area contributed by atoms with E-state index in [2.05, 4.69) is 11.9 Å². The van der Waals surface area contributed by atoms with Crippen LogP contribution in [0.3, 0.4) is 0 Å². The van der Waals surface area contributed by atoms with E-state index in [4.69, 9.17) is 4.74 Å². The van der Waals surface area contributed by atoms with Crippen LogP contribution in [-0.4, -0.2) is 25.0 Å². The molecular formula is C11H17NO3. The second kappa shape index (κ2) is 5.53. The van der Waals surface area contributed by atoms with Gasteiger partial charge in [0.25, 0.3) is 0 Å². The zero-order chi connectivity index (χ0) is 11.3. The van der Waals surface area contributed by atoms with Crippen molar-refractivity contribution < 1.29 is 14.3 Å². The lowest BCUT2D eigenvalue weighted by Gasteiger charge is -2.07. The molecule has 4 nitrogen and oxygen atoms in total. The topological polar surface area (TPSA) is 55.4 Å². The van der Waals surface area contributed by atoms with Gasteiger partial charge in [-0.3, -0.25) is 4.79 Å². The molecule has 1 saturated heterocycles. The van der Waals surface area contributed by atoms with E-state index in [0.717, 1.165) is 25.8 Å². The van der Waals surface area contributed by atoms with Crippen LogP contribution in [0.2, 0.25) is 0 Å². The Morgan fingerprint density at radius 3 is 2.93 bits per heavy atom. The van der Waals surface area contributed by atoms with Crippen LogP contribution in [0.4, 0.5) is 0 Å². The first-order valence-electron chi connectivity index (χ1n) is 5.21. The van der Waals surface area contributed by atoms with Gasteiger partial charge in [0, 0.05) is 18.0 Å². The highest BCUT2D eigenvalue weighted by Crippen LogP contribution is 2.15. The average Bonchev–Trinajstić information content (AvgIpc) is 2.58. The molecule has 0 aromatic rings. The maximum Gasteiger partial charge on any atom is 0.333 e. The van der Waals surface area contributed by atoms with Crippen molar-refractivity contribution in [1.29, 1.82) is 0 Å². The smallest absolute Gasteiger partial charge is 0.333 e. The maximum absolute atomic E-state index is 11.2. The molecule has 4 heteroatoms. The summed E-state index contributed by atoms with van der Waals surface area (Å²) in [4.78, 5) is 22.2. The third-order valence-corrected chi connectivity index (χ3v) is 2.44. The number of ether oxygens (including phenoxy) is 1. The number of carbonyl (C=O) groups excluding carboxylic acids is 2. The fourth-order valence-electron chi connectivity index (χ4n) is 1.54. The van der Waals surface area contributed by atoms with Crippen molar-refractivity contribution in [3.8, 4) is 0 Å². The molecule has 1 N–H and O–H groups in total. The number of rotatable bonds is 5. The van der Waals surface area contributed by atoms with E-state index in [0.29, 0.717) is 12.2 Å². The third kappa shape index (κ3) is 3.73. The summed E-state index contributed by atoms with van der Waals surface area (Å²) in [5.74, 6) is -0.124. The number of hydrogen-bond donors (Lipinski definition) is 1. The van der Waals surface area contributed by atoms with Gasteiger partial charge in [0.2, 0.25) is 5.91 Å². The maximum atomic E-state index is 11.2. The van der Waals surface area contributed by atoms with Crippen molar-refractivity contribution in [2.24, 2.45) is 5.92 Å². The first-order valence-corrected chi connectivity index (χ1v) is 5.21. The summed E-state index contributed by atoms with van der Waals surface area (Å²) < 4.78 is 4.93. The van der Waals surface area contributed by atoms with E-state index in [-0.39, 0.29) is 17.8 Å². The molecule has 0 radical (unpaired) electrons. The Morgan fingerprint density at radius 2 is 2.40 bits per heavy atom. The van der Waals surface area contributed by atoms with Gasteiger partial charge in [0.05, 0.1) is 6.61 Å². The van der Waals surface area contributed by atoms with E-state index >= 15 is 0 Å². The SMILES string of the molecule is C=C(C)C(=O)OCCCC1CCNC1=O. The molecular weight excluding hydrogens is 194 g/mol. The fourth-order valence-corrected chi connectivity index (χ4v) is 1.54. The number of nitrogens with one attached hydrogen (secondary N) is 1. The van der Waals surface area contributed by atoms with Crippen molar-refractivity contribution in [2.45, 2.75) is 26.2 Å². The highest BCUT2D eigenvalue weighted by Gasteiger charge is 2.23.